The van der Waals surface area contributed by atoms with Crippen molar-refractivity contribution in [3.8, 4) is 0 Å². The molecule has 0 saturated carbocycles. The molecule has 1 heterocycles. The van der Waals surface area contributed by atoms with Crippen molar-refractivity contribution in [3.63, 3.8) is 0 Å². The molecular formula is C17H12BrFN4O. The van der Waals surface area contributed by atoms with Gasteiger partial charge >= 0.3 is 0 Å². The van der Waals surface area contributed by atoms with E-state index in [0.29, 0.717) is 27.4 Å². The van der Waals surface area contributed by atoms with Crippen molar-refractivity contribution in [2.75, 3.05) is 10.6 Å². The van der Waals surface area contributed by atoms with Crippen molar-refractivity contribution in [1.29, 1.82) is 0 Å². The number of amides is 1. The van der Waals surface area contributed by atoms with Crippen LogP contribution in [-0.2, 0) is 0 Å². The SMILES string of the molecule is O=C(Nc1ccc(Nc2ccccc2F)nn1)c1ccccc1Br. The molecule has 0 spiro atoms. The Morgan fingerprint density at radius 2 is 1.58 bits per heavy atom. The van der Waals surface area contributed by atoms with Crippen LogP contribution < -0.4 is 10.6 Å². The van der Waals surface area contributed by atoms with Crippen LogP contribution in [0.5, 0.6) is 0 Å². The van der Waals surface area contributed by atoms with Gasteiger partial charge in [0.05, 0.1) is 11.3 Å². The molecular weight excluding hydrogens is 375 g/mol. The Morgan fingerprint density at radius 1 is 0.917 bits per heavy atom. The Kier molecular flexibility index (Phi) is 4.81. The lowest BCUT2D eigenvalue weighted by Crippen LogP contribution is -2.14. The second-order valence-electron chi connectivity index (χ2n) is 4.84. The molecule has 3 rings (SSSR count). The van der Waals surface area contributed by atoms with Crippen molar-refractivity contribution in [3.05, 3.63) is 76.5 Å². The summed E-state index contributed by atoms with van der Waals surface area (Å²) < 4.78 is 14.3. The van der Waals surface area contributed by atoms with E-state index in [1.54, 1.807) is 48.5 Å². The number of para-hydroxylation sites is 1. The monoisotopic (exact) mass is 386 g/mol. The predicted molar refractivity (Wildman–Crippen MR) is 93.8 cm³/mol. The van der Waals surface area contributed by atoms with E-state index < -0.39 is 0 Å². The smallest absolute Gasteiger partial charge is 0.258 e. The van der Waals surface area contributed by atoms with Gasteiger partial charge in [0, 0.05) is 4.47 Å². The zero-order valence-corrected chi connectivity index (χ0v) is 13.9. The number of hydrogen-bond acceptors (Lipinski definition) is 4. The number of halogens is 2. The molecule has 0 unspecified atom stereocenters. The average molecular weight is 387 g/mol. The summed E-state index contributed by atoms with van der Waals surface area (Å²) in [6.45, 7) is 0. The van der Waals surface area contributed by atoms with Gasteiger partial charge in [-0.1, -0.05) is 24.3 Å². The number of hydrogen-bond donors (Lipinski definition) is 2. The molecule has 0 aliphatic rings. The van der Waals surface area contributed by atoms with Crippen molar-refractivity contribution in [2.45, 2.75) is 0 Å². The van der Waals surface area contributed by atoms with Gasteiger partial charge in [-0.2, -0.15) is 0 Å². The molecule has 0 bridgehead atoms. The zero-order chi connectivity index (χ0) is 16.9. The van der Waals surface area contributed by atoms with Crippen LogP contribution in [0.4, 0.5) is 21.7 Å². The van der Waals surface area contributed by atoms with E-state index >= 15 is 0 Å². The van der Waals surface area contributed by atoms with Gasteiger partial charge in [0.15, 0.2) is 11.6 Å². The van der Waals surface area contributed by atoms with Crippen LogP contribution in [0.15, 0.2) is 65.1 Å². The number of carbonyl (C=O) groups is 1. The summed E-state index contributed by atoms with van der Waals surface area (Å²) in [4.78, 5) is 12.2. The van der Waals surface area contributed by atoms with E-state index in [1.807, 2.05) is 6.07 Å². The molecule has 0 aliphatic carbocycles. The molecule has 1 amide bonds. The van der Waals surface area contributed by atoms with Crippen LogP contribution in [0.3, 0.4) is 0 Å². The maximum Gasteiger partial charge on any atom is 0.258 e. The normalized spacial score (nSPS) is 10.2. The lowest BCUT2D eigenvalue weighted by Gasteiger charge is -2.08. The summed E-state index contributed by atoms with van der Waals surface area (Å²) in [7, 11) is 0. The second kappa shape index (κ2) is 7.18. The maximum atomic E-state index is 13.6. The van der Waals surface area contributed by atoms with E-state index in [2.05, 4.69) is 36.8 Å². The molecule has 120 valence electrons. The van der Waals surface area contributed by atoms with Gasteiger partial charge in [0.25, 0.3) is 5.91 Å². The van der Waals surface area contributed by atoms with E-state index in [1.165, 1.54) is 6.07 Å². The third kappa shape index (κ3) is 3.75. The third-order valence-corrected chi connectivity index (χ3v) is 3.85. The van der Waals surface area contributed by atoms with Gasteiger partial charge in [-0.15, -0.1) is 10.2 Å². The summed E-state index contributed by atoms with van der Waals surface area (Å²) in [6.07, 6.45) is 0. The van der Waals surface area contributed by atoms with Crippen LogP contribution in [0, 0.1) is 5.82 Å². The van der Waals surface area contributed by atoms with Crippen molar-refractivity contribution in [1.82, 2.24) is 10.2 Å². The number of carbonyl (C=O) groups excluding carboxylic acids is 1. The summed E-state index contributed by atoms with van der Waals surface area (Å²) in [5.41, 5.74) is 0.796. The van der Waals surface area contributed by atoms with Crippen molar-refractivity contribution in [2.24, 2.45) is 0 Å². The Bertz CT molecular complexity index is 870. The van der Waals surface area contributed by atoms with Gasteiger partial charge in [0.2, 0.25) is 0 Å². The third-order valence-electron chi connectivity index (χ3n) is 3.16. The number of nitrogens with one attached hydrogen (secondary N) is 2. The lowest BCUT2D eigenvalue weighted by molar-refractivity contribution is 0.102. The summed E-state index contributed by atoms with van der Waals surface area (Å²) in [5, 5.41) is 13.3. The van der Waals surface area contributed by atoms with Gasteiger partial charge in [-0.25, -0.2) is 4.39 Å². The number of aromatic nitrogens is 2. The Hall–Kier alpha value is -2.80. The van der Waals surface area contributed by atoms with Crippen LogP contribution in [0.2, 0.25) is 0 Å². The number of rotatable bonds is 4. The first kappa shape index (κ1) is 16.1. The summed E-state index contributed by atoms with van der Waals surface area (Å²) in [5.74, 6) is -0.00831. The molecule has 0 saturated heterocycles. The number of benzene rings is 2. The Balaban J connectivity index is 1.70. The van der Waals surface area contributed by atoms with Crippen LogP contribution in [0.25, 0.3) is 0 Å². The topological polar surface area (TPSA) is 66.9 Å². The highest BCUT2D eigenvalue weighted by Crippen LogP contribution is 2.19. The predicted octanol–water partition coefficient (Wildman–Crippen LogP) is 4.37. The number of nitrogens with zero attached hydrogens (tertiary/aromatic N) is 2. The Labute approximate surface area is 146 Å². The van der Waals surface area contributed by atoms with Gasteiger partial charge in [-0.05, 0) is 52.3 Å². The molecule has 2 N–H and O–H groups in total. The Morgan fingerprint density at radius 3 is 2.29 bits per heavy atom. The van der Waals surface area contributed by atoms with Crippen molar-refractivity contribution < 1.29 is 9.18 Å². The maximum absolute atomic E-state index is 13.6. The molecule has 0 atom stereocenters. The highest BCUT2D eigenvalue weighted by molar-refractivity contribution is 9.10. The standard InChI is InChI=1S/C17H12BrFN4O/c18-12-6-2-1-5-11(12)17(24)21-16-10-9-15(22-23-16)20-14-8-4-3-7-13(14)19/h1-10H,(H,20,22)(H,21,23,24). The van der Waals surface area contributed by atoms with Crippen LogP contribution in [0.1, 0.15) is 10.4 Å². The fourth-order valence-corrected chi connectivity index (χ4v) is 2.46. The highest BCUT2D eigenvalue weighted by Gasteiger charge is 2.10. The minimum atomic E-state index is -0.384. The van der Waals surface area contributed by atoms with E-state index in [4.69, 9.17) is 0 Å². The van der Waals surface area contributed by atoms with Crippen LogP contribution >= 0.6 is 15.9 Å². The molecule has 5 nitrogen and oxygen atoms in total. The molecule has 0 radical (unpaired) electrons. The molecule has 1 aromatic heterocycles. The largest absolute Gasteiger partial charge is 0.336 e. The fraction of sp³-hybridized carbons (Fsp3) is 0. The first-order chi connectivity index (χ1) is 11.6. The molecule has 0 aliphatic heterocycles. The lowest BCUT2D eigenvalue weighted by atomic mass is 10.2. The quantitative estimate of drug-likeness (QED) is 0.698. The van der Waals surface area contributed by atoms with Crippen LogP contribution in [-0.4, -0.2) is 16.1 Å². The van der Waals surface area contributed by atoms with E-state index in [9.17, 15) is 9.18 Å². The van der Waals surface area contributed by atoms with Gasteiger partial charge in [-0.3, -0.25) is 4.79 Å². The minimum absolute atomic E-state index is 0.299. The first-order valence-corrected chi connectivity index (χ1v) is 7.84. The summed E-state index contributed by atoms with van der Waals surface area (Å²) in [6, 6.07) is 16.5. The average Bonchev–Trinajstić information content (AvgIpc) is 2.59. The minimum Gasteiger partial charge on any atom is -0.336 e. The van der Waals surface area contributed by atoms with Crippen molar-refractivity contribution >= 4 is 39.2 Å². The van der Waals surface area contributed by atoms with Gasteiger partial charge < -0.3 is 10.6 Å². The molecule has 24 heavy (non-hydrogen) atoms. The second-order valence-corrected chi connectivity index (χ2v) is 5.70. The molecule has 2 aromatic carbocycles. The molecule has 7 heteroatoms. The highest BCUT2D eigenvalue weighted by atomic mass is 79.9. The summed E-state index contributed by atoms with van der Waals surface area (Å²) >= 11 is 3.32. The van der Waals surface area contributed by atoms with E-state index in [0.717, 1.165) is 0 Å². The molecule has 0 fully saturated rings. The van der Waals surface area contributed by atoms with Gasteiger partial charge in [0.1, 0.15) is 5.82 Å². The number of anilines is 3. The first-order valence-electron chi connectivity index (χ1n) is 7.04. The zero-order valence-electron chi connectivity index (χ0n) is 12.3. The fourth-order valence-electron chi connectivity index (χ4n) is 2.00. The molecule has 3 aromatic rings. The van der Waals surface area contributed by atoms with E-state index in [-0.39, 0.29) is 11.7 Å².